The molecule has 1 aromatic rings. The molecule has 2 atom stereocenters. The first kappa shape index (κ1) is 15.6. The third-order valence-electron chi connectivity index (χ3n) is 5.64. The topological polar surface area (TPSA) is 32.8 Å². The van der Waals surface area contributed by atoms with Gasteiger partial charge in [-0.05, 0) is 41.7 Å². The molecule has 23 heavy (non-hydrogen) atoms. The molecular formula is C18H26N2O2S. The zero-order valence-electron chi connectivity index (χ0n) is 13.9. The zero-order valence-corrected chi connectivity index (χ0v) is 14.7. The molecule has 1 saturated carbocycles. The number of ether oxygens (including phenoxy) is 1. The van der Waals surface area contributed by atoms with Gasteiger partial charge in [-0.3, -0.25) is 9.69 Å². The van der Waals surface area contributed by atoms with E-state index in [2.05, 4.69) is 28.2 Å². The smallest absolute Gasteiger partial charge is 0.264 e. The first-order chi connectivity index (χ1) is 11.3. The highest BCUT2D eigenvalue weighted by Gasteiger charge is 2.39. The van der Waals surface area contributed by atoms with Crippen LogP contribution in [0.2, 0.25) is 0 Å². The van der Waals surface area contributed by atoms with Crippen LogP contribution >= 0.6 is 11.3 Å². The van der Waals surface area contributed by atoms with E-state index in [9.17, 15) is 4.79 Å². The van der Waals surface area contributed by atoms with Gasteiger partial charge in [0.25, 0.3) is 5.91 Å². The van der Waals surface area contributed by atoms with Gasteiger partial charge in [-0.15, -0.1) is 11.3 Å². The molecule has 0 N–H and O–H groups in total. The Bertz CT molecular complexity index is 563. The van der Waals surface area contributed by atoms with Crippen molar-refractivity contribution in [3.63, 3.8) is 0 Å². The van der Waals surface area contributed by atoms with Crippen molar-refractivity contribution in [3.8, 4) is 0 Å². The molecule has 4 rings (SSSR count). The lowest BCUT2D eigenvalue weighted by molar-refractivity contribution is 0.0103. The van der Waals surface area contributed by atoms with Crippen LogP contribution in [0.4, 0.5) is 0 Å². The number of rotatable bonds is 4. The summed E-state index contributed by atoms with van der Waals surface area (Å²) in [5, 5.41) is 2.09. The number of carbonyl (C=O) groups excluding carboxylic acids is 1. The van der Waals surface area contributed by atoms with Crippen molar-refractivity contribution >= 4 is 17.2 Å². The fourth-order valence-corrected chi connectivity index (χ4v) is 5.05. The van der Waals surface area contributed by atoms with E-state index in [1.807, 2.05) is 0 Å². The molecule has 0 spiro atoms. The van der Waals surface area contributed by atoms with E-state index in [1.54, 1.807) is 11.3 Å². The summed E-state index contributed by atoms with van der Waals surface area (Å²) in [6.07, 6.45) is 3.65. The Hall–Kier alpha value is -0.910. The van der Waals surface area contributed by atoms with Crippen LogP contribution in [0, 0.1) is 5.92 Å². The van der Waals surface area contributed by atoms with Gasteiger partial charge in [-0.25, -0.2) is 0 Å². The summed E-state index contributed by atoms with van der Waals surface area (Å²) in [4.78, 5) is 18.7. The van der Waals surface area contributed by atoms with E-state index in [-0.39, 0.29) is 5.91 Å². The highest BCUT2D eigenvalue weighted by atomic mass is 32.1. The Morgan fingerprint density at radius 2 is 2.09 bits per heavy atom. The van der Waals surface area contributed by atoms with Crippen LogP contribution in [0.15, 0.2) is 11.4 Å². The summed E-state index contributed by atoms with van der Waals surface area (Å²) in [5.74, 6) is 1.53. The number of hydrogen-bond acceptors (Lipinski definition) is 4. The van der Waals surface area contributed by atoms with Gasteiger partial charge < -0.3 is 9.64 Å². The van der Waals surface area contributed by atoms with Crippen LogP contribution in [0.5, 0.6) is 0 Å². The molecule has 0 bridgehead atoms. The van der Waals surface area contributed by atoms with E-state index in [4.69, 9.17) is 4.74 Å². The molecule has 2 unspecified atom stereocenters. The lowest BCUT2D eigenvalue weighted by Gasteiger charge is -2.34. The molecular weight excluding hydrogens is 308 g/mol. The molecule has 5 heteroatoms. The van der Waals surface area contributed by atoms with Crippen molar-refractivity contribution in [3.05, 3.63) is 21.9 Å². The van der Waals surface area contributed by atoms with Gasteiger partial charge in [-0.2, -0.15) is 0 Å². The minimum atomic E-state index is 0.274. The average molecular weight is 334 g/mol. The van der Waals surface area contributed by atoms with Crippen LogP contribution < -0.4 is 0 Å². The minimum absolute atomic E-state index is 0.274. The fourth-order valence-electron chi connectivity index (χ4n) is 4.10. The van der Waals surface area contributed by atoms with Crippen LogP contribution in [0.25, 0.3) is 0 Å². The Morgan fingerprint density at radius 1 is 1.30 bits per heavy atom. The summed E-state index contributed by atoms with van der Waals surface area (Å²) >= 11 is 1.63. The highest BCUT2D eigenvalue weighted by molar-refractivity contribution is 7.12. The molecule has 1 amide bonds. The van der Waals surface area contributed by atoms with Gasteiger partial charge in [-0.1, -0.05) is 13.3 Å². The molecule has 2 saturated heterocycles. The van der Waals surface area contributed by atoms with Crippen molar-refractivity contribution in [2.75, 3.05) is 39.4 Å². The quantitative estimate of drug-likeness (QED) is 0.849. The number of carbonyl (C=O) groups is 1. The summed E-state index contributed by atoms with van der Waals surface area (Å²) in [7, 11) is 0. The van der Waals surface area contributed by atoms with Gasteiger partial charge in [0.2, 0.25) is 0 Å². The fraction of sp³-hybridized carbons (Fsp3) is 0.722. The van der Waals surface area contributed by atoms with Crippen molar-refractivity contribution in [1.82, 2.24) is 9.80 Å². The number of amides is 1. The Morgan fingerprint density at radius 3 is 2.78 bits per heavy atom. The SMILES string of the molecule is CCC1CN(C(=O)c2sccc2C2CC2)CC1N1CCOCC1. The van der Waals surface area contributed by atoms with E-state index < -0.39 is 0 Å². The number of likely N-dealkylation sites (tertiary alicyclic amines) is 1. The molecule has 3 fully saturated rings. The number of thiophene rings is 1. The first-order valence-corrected chi connectivity index (χ1v) is 9.84. The lowest BCUT2D eigenvalue weighted by Crippen LogP contribution is -2.47. The summed E-state index contributed by atoms with van der Waals surface area (Å²) < 4.78 is 5.49. The molecule has 126 valence electrons. The van der Waals surface area contributed by atoms with Crippen LogP contribution in [0.1, 0.15) is 47.3 Å². The van der Waals surface area contributed by atoms with Gasteiger partial charge in [0.15, 0.2) is 0 Å². The predicted molar refractivity (Wildman–Crippen MR) is 92.2 cm³/mol. The van der Waals surface area contributed by atoms with E-state index in [0.29, 0.717) is 17.9 Å². The molecule has 1 aliphatic carbocycles. The predicted octanol–water partition coefficient (Wildman–Crippen LogP) is 2.81. The van der Waals surface area contributed by atoms with E-state index >= 15 is 0 Å². The van der Waals surface area contributed by atoms with Crippen LogP contribution in [-0.2, 0) is 4.74 Å². The lowest BCUT2D eigenvalue weighted by atomic mass is 9.99. The Labute approximate surface area is 142 Å². The molecule has 3 heterocycles. The molecule has 4 nitrogen and oxygen atoms in total. The van der Waals surface area contributed by atoms with Crippen molar-refractivity contribution < 1.29 is 9.53 Å². The molecule has 2 aliphatic heterocycles. The van der Waals surface area contributed by atoms with E-state index in [1.165, 1.54) is 18.4 Å². The summed E-state index contributed by atoms with van der Waals surface area (Å²) in [5.41, 5.74) is 1.31. The zero-order chi connectivity index (χ0) is 15.8. The summed E-state index contributed by atoms with van der Waals surface area (Å²) in [6.45, 7) is 7.74. The standard InChI is InChI=1S/C18H26N2O2S/c1-2-13-11-20(12-16(13)19-6-8-22-9-7-19)18(21)17-15(5-10-23-17)14-3-4-14/h5,10,13-14,16H,2-4,6-9,11-12H2,1H3. The van der Waals surface area contributed by atoms with Crippen molar-refractivity contribution in [1.29, 1.82) is 0 Å². The third-order valence-corrected chi connectivity index (χ3v) is 6.56. The number of hydrogen-bond donors (Lipinski definition) is 0. The van der Waals surface area contributed by atoms with Crippen LogP contribution in [0.3, 0.4) is 0 Å². The Balaban J connectivity index is 1.48. The monoisotopic (exact) mass is 334 g/mol. The molecule has 0 aromatic carbocycles. The maximum Gasteiger partial charge on any atom is 0.264 e. The maximum atomic E-state index is 13.0. The number of morpholine rings is 1. The maximum absolute atomic E-state index is 13.0. The van der Waals surface area contributed by atoms with Crippen molar-refractivity contribution in [2.24, 2.45) is 5.92 Å². The summed E-state index contributed by atoms with van der Waals surface area (Å²) in [6, 6.07) is 2.68. The largest absolute Gasteiger partial charge is 0.379 e. The van der Waals surface area contributed by atoms with Crippen LogP contribution in [-0.4, -0.2) is 61.1 Å². The van der Waals surface area contributed by atoms with Gasteiger partial charge in [0.1, 0.15) is 0 Å². The molecule has 0 radical (unpaired) electrons. The van der Waals surface area contributed by atoms with Gasteiger partial charge in [0, 0.05) is 32.2 Å². The highest BCUT2D eigenvalue weighted by Crippen LogP contribution is 2.43. The van der Waals surface area contributed by atoms with Gasteiger partial charge in [0.05, 0.1) is 18.1 Å². The second kappa shape index (κ2) is 6.54. The minimum Gasteiger partial charge on any atom is -0.379 e. The third kappa shape index (κ3) is 3.06. The molecule has 3 aliphatic rings. The first-order valence-electron chi connectivity index (χ1n) is 8.96. The van der Waals surface area contributed by atoms with Gasteiger partial charge >= 0.3 is 0 Å². The Kier molecular flexibility index (Phi) is 4.43. The molecule has 1 aromatic heterocycles. The normalized spacial score (nSPS) is 29.2. The average Bonchev–Trinajstić information content (AvgIpc) is 3.16. The van der Waals surface area contributed by atoms with Crippen molar-refractivity contribution in [2.45, 2.75) is 38.1 Å². The number of nitrogens with zero attached hydrogens (tertiary/aromatic N) is 2. The second-order valence-electron chi connectivity index (χ2n) is 7.07. The van der Waals surface area contributed by atoms with E-state index in [0.717, 1.165) is 50.7 Å². The second-order valence-corrected chi connectivity index (χ2v) is 7.99.